The van der Waals surface area contributed by atoms with Crippen LogP contribution in [0.4, 0.5) is 0 Å². The highest BCUT2D eigenvalue weighted by molar-refractivity contribution is 7.90. The van der Waals surface area contributed by atoms with Crippen molar-refractivity contribution in [3.63, 3.8) is 0 Å². The van der Waals surface area contributed by atoms with Crippen molar-refractivity contribution in [3.8, 4) is 0 Å². The molecule has 1 fully saturated rings. The molecule has 0 amide bonds. The van der Waals surface area contributed by atoms with E-state index < -0.39 is 9.84 Å². The van der Waals surface area contributed by atoms with Crippen LogP contribution in [-0.2, 0) is 16.4 Å². The maximum absolute atomic E-state index is 11.3. The van der Waals surface area contributed by atoms with Gasteiger partial charge >= 0.3 is 0 Å². The van der Waals surface area contributed by atoms with Gasteiger partial charge in [-0.25, -0.2) is 8.42 Å². The molecule has 1 unspecified atom stereocenters. The Bertz CT molecular complexity index is 530. The van der Waals surface area contributed by atoms with E-state index in [0.29, 0.717) is 12.6 Å². The molecule has 1 atom stereocenters. The van der Waals surface area contributed by atoms with Crippen molar-refractivity contribution >= 4 is 9.84 Å². The second-order valence-corrected chi connectivity index (χ2v) is 8.35. The van der Waals surface area contributed by atoms with Gasteiger partial charge in [-0.3, -0.25) is 9.80 Å². The van der Waals surface area contributed by atoms with E-state index in [4.69, 9.17) is 0 Å². The van der Waals surface area contributed by atoms with Gasteiger partial charge in [-0.15, -0.1) is 0 Å². The zero-order chi connectivity index (χ0) is 15.3. The van der Waals surface area contributed by atoms with Crippen LogP contribution in [0.3, 0.4) is 0 Å². The van der Waals surface area contributed by atoms with Crippen LogP contribution in [0.25, 0.3) is 0 Å². The third kappa shape index (κ3) is 5.77. The van der Waals surface area contributed by atoms with Crippen LogP contribution in [0.2, 0.25) is 0 Å². The Hall–Kier alpha value is -0.910. The molecule has 4 nitrogen and oxygen atoms in total. The number of benzene rings is 1. The monoisotopic (exact) mass is 310 g/mol. The quantitative estimate of drug-likeness (QED) is 0.829. The van der Waals surface area contributed by atoms with E-state index in [-0.39, 0.29) is 5.75 Å². The van der Waals surface area contributed by atoms with Crippen molar-refractivity contribution < 1.29 is 8.42 Å². The molecular formula is C16H26N2O2S. The molecule has 0 bridgehead atoms. The number of hydrogen-bond donors (Lipinski definition) is 0. The SMILES string of the molecule is CC1CN(Cc2ccccc2)CCCN1CCS(C)(=O)=O. The lowest BCUT2D eigenvalue weighted by Crippen LogP contribution is -2.40. The van der Waals surface area contributed by atoms with Crippen LogP contribution in [0.1, 0.15) is 18.9 Å². The largest absolute Gasteiger partial charge is 0.298 e. The lowest BCUT2D eigenvalue weighted by atomic mass is 10.2. The zero-order valence-electron chi connectivity index (χ0n) is 13.0. The van der Waals surface area contributed by atoms with Gasteiger partial charge in [-0.05, 0) is 32.0 Å². The van der Waals surface area contributed by atoms with Crippen LogP contribution in [-0.4, -0.2) is 62.4 Å². The van der Waals surface area contributed by atoms with Crippen LogP contribution in [0, 0.1) is 0 Å². The average molecular weight is 310 g/mol. The fraction of sp³-hybridized carbons (Fsp3) is 0.625. The summed E-state index contributed by atoms with van der Waals surface area (Å²) in [5.41, 5.74) is 1.34. The molecular weight excluding hydrogens is 284 g/mol. The van der Waals surface area contributed by atoms with Crippen molar-refractivity contribution in [2.75, 3.05) is 38.2 Å². The first-order valence-corrected chi connectivity index (χ1v) is 9.68. The second-order valence-electron chi connectivity index (χ2n) is 6.09. The first-order valence-electron chi connectivity index (χ1n) is 7.62. The van der Waals surface area contributed by atoms with Crippen LogP contribution >= 0.6 is 0 Å². The van der Waals surface area contributed by atoms with E-state index in [2.05, 4.69) is 41.0 Å². The molecule has 1 aromatic carbocycles. The number of rotatable bonds is 5. The van der Waals surface area contributed by atoms with Crippen LogP contribution in [0.15, 0.2) is 30.3 Å². The molecule has 0 spiro atoms. The van der Waals surface area contributed by atoms with Gasteiger partial charge in [-0.2, -0.15) is 0 Å². The van der Waals surface area contributed by atoms with Gasteiger partial charge in [0.2, 0.25) is 0 Å². The summed E-state index contributed by atoms with van der Waals surface area (Å²) < 4.78 is 22.7. The highest BCUT2D eigenvalue weighted by atomic mass is 32.2. The Morgan fingerprint density at radius 1 is 1.19 bits per heavy atom. The predicted octanol–water partition coefficient (Wildman–Crippen LogP) is 1.63. The van der Waals surface area contributed by atoms with Crippen molar-refractivity contribution in [1.29, 1.82) is 0 Å². The summed E-state index contributed by atoms with van der Waals surface area (Å²) in [5.74, 6) is 0.260. The van der Waals surface area contributed by atoms with E-state index in [0.717, 1.165) is 32.6 Å². The van der Waals surface area contributed by atoms with E-state index in [1.54, 1.807) is 0 Å². The summed E-state index contributed by atoms with van der Waals surface area (Å²) in [7, 11) is -2.88. The molecule has 1 aliphatic rings. The van der Waals surface area contributed by atoms with Gasteiger partial charge < -0.3 is 0 Å². The maximum Gasteiger partial charge on any atom is 0.148 e. The molecule has 0 saturated carbocycles. The maximum atomic E-state index is 11.3. The third-order valence-corrected chi connectivity index (χ3v) is 4.99. The van der Waals surface area contributed by atoms with E-state index in [1.165, 1.54) is 11.8 Å². The predicted molar refractivity (Wildman–Crippen MR) is 87.1 cm³/mol. The average Bonchev–Trinajstić information content (AvgIpc) is 2.58. The van der Waals surface area contributed by atoms with Crippen molar-refractivity contribution in [3.05, 3.63) is 35.9 Å². The van der Waals surface area contributed by atoms with Gasteiger partial charge in [-0.1, -0.05) is 30.3 Å². The van der Waals surface area contributed by atoms with Gasteiger partial charge in [0.05, 0.1) is 5.75 Å². The standard InChI is InChI=1S/C16H26N2O2S/c1-15-13-17(14-16-7-4-3-5-8-16)9-6-10-18(15)11-12-21(2,19)20/h3-5,7-8,15H,6,9-14H2,1-2H3. The molecule has 0 radical (unpaired) electrons. The van der Waals surface area contributed by atoms with E-state index in [1.807, 2.05) is 6.07 Å². The molecule has 21 heavy (non-hydrogen) atoms. The van der Waals surface area contributed by atoms with Crippen LogP contribution < -0.4 is 0 Å². The highest BCUT2D eigenvalue weighted by Gasteiger charge is 2.22. The first kappa shape index (κ1) is 16.5. The Balaban J connectivity index is 1.89. The van der Waals surface area contributed by atoms with Crippen molar-refractivity contribution in [2.45, 2.75) is 25.9 Å². The summed E-state index contributed by atoms with van der Waals surface area (Å²) in [6.07, 6.45) is 2.41. The highest BCUT2D eigenvalue weighted by Crippen LogP contribution is 2.13. The summed E-state index contributed by atoms with van der Waals surface area (Å²) in [4.78, 5) is 4.78. The lowest BCUT2D eigenvalue weighted by molar-refractivity contribution is 0.195. The van der Waals surface area contributed by atoms with E-state index in [9.17, 15) is 8.42 Å². The minimum Gasteiger partial charge on any atom is -0.298 e. The molecule has 0 aliphatic carbocycles. The first-order chi connectivity index (χ1) is 9.94. The smallest absolute Gasteiger partial charge is 0.148 e. The van der Waals surface area contributed by atoms with Crippen molar-refractivity contribution in [2.24, 2.45) is 0 Å². The zero-order valence-corrected chi connectivity index (χ0v) is 13.8. The van der Waals surface area contributed by atoms with Crippen LogP contribution in [0.5, 0.6) is 0 Å². The molecule has 1 aliphatic heterocycles. The summed E-state index contributed by atoms with van der Waals surface area (Å²) in [6.45, 7) is 6.89. The normalized spacial score (nSPS) is 22.1. The van der Waals surface area contributed by atoms with Gasteiger partial charge in [0.25, 0.3) is 0 Å². The fourth-order valence-corrected chi connectivity index (χ4v) is 3.46. The molecule has 118 valence electrons. The Morgan fingerprint density at radius 3 is 2.57 bits per heavy atom. The minimum atomic E-state index is -2.88. The summed E-state index contributed by atoms with van der Waals surface area (Å²) >= 11 is 0. The topological polar surface area (TPSA) is 40.6 Å². The number of nitrogens with zero attached hydrogens (tertiary/aromatic N) is 2. The molecule has 0 aromatic heterocycles. The fourth-order valence-electron chi connectivity index (χ4n) is 2.90. The Morgan fingerprint density at radius 2 is 1.90 bits per heavy atom. The minimum absolute atomic E-state index is 0.260. The summed E-state index contributed by atoms with van der Waals surface area (Å²) in [6, 6.07) is 10.9. The lowest BCUT2D eigenvalue weighted by Gasteiger charge is -2.28. The molecule has 0 N–H and O–H groups in total. The van der Waals surface area contributed by atoms with Gasteiger partial charge in [0.15, 0.2) is 0 Å². The molecule has 1 saturated heterocycles. The molecule has 5 heteroatoms. The van der Waals surface area contributed by atoms with E-state index >= 15 is 0 Å². The Kier molecular flexibility index (Phi) is 5.79. The Labute approximate surface area is 128 Å². The van der Waals surface area contributed by atoms with Crippen molar-refractivity contribution in [1.82, 2.24) is 9.80 Å². The summed E-state index contributed by atoms with van der Waals surface area (Å²) in [5, 5.41) is 0. The van der Waals surface area contributed by atoms with Gasteiger partial charge in [0, 0.05) is 31.9 Å². The molecule has 1 aromatic rings. The third-order valence-electron chi connectivity index (χ3n) is 4.06. The number of sulfone groups is 1. The molecule has 2 rings (SSSR count). The number of hydrogen-bond acceptors (Lipinski definition) is 4. The molecule has 1 heterocycles. The second kappa shape index (κ2) is 7.38. The van der Waals surface area contributed by atoms with Gasteiger partial charge in [0.1, 0.15) is 9.84 Å².